The largest absolute Gasteiger partial charge is 0.491 e. The van der Waals surface area contributed by atoms with Gasteiger partial charge in [0.05, 0.1) is 12.5 Å². The van der Waals surface area contributed by atoms with Crippen molar-refractivity contribution in [3.05, 3.63) is 29.8 Å². The SMILES string of the molecule is CC1CC(NC(=O)Cc2cccc(OC(C)C)c2)CCN1. The molecule has 4 nitrogen and oxygen atoms in total. The molecule has 1 aliphatic heterocycles. The van der Waals surface area contributed by atoms with Crippen LogP contribution >= 0.6 is 0 Å². The Labute approximate surface area is 127 Å². The highest BCUT2D eigenvalue weighted by Crippen LogP contribution is 2.16. The van der Waals surface area contributed by atoms with Crippen LogP contribution in [0.3, 0.4) is 0 Å². The van der Waals surface area contributed by atoms with Crippen LogP contribution in [0.5, 0.6) is 5.75 Å². The molecule has 4 heteroatoms. The Balaban J connectivity index is 1.87. The van der Waals surface area contributed by atoms with Crippen molar-refractivity contribution < 1.29 is 9.53 Å². The van der Waals surface area contributed by atoms with Crippen molar-refractivity contribution in [2.24, 2.45) is 0 Å². The first-order valence-corrected chi connectivity index (χ1v) is 7.81. The number of rotatable bonds is 5. The van der Waals surface area contributed by atoms with Crippen LogP contribution in [0.4, 0.5) is 0 Å². The Kier molecular flexibility index (Phi) is 5.62. The lowest BCUT2D eigenvalue weighted by Gasteiger charge is -2.28. The van der Waals surface area contributed by atoms with Crippen LogP contribution in [0.25, 0.3) is 0 Å². The number of nitrogens with one attached hydrogen (secondary N) is 2. The lowest BCUT2D eigenvalue weighted by Crippen LogP contribution is -2.46. The van der Waals surface area contributed by atoms with Gasteiger partial charge in [0.1, 0.15) is 5.75 Å². The molecule has 2 rings (SSSR count). The molecule has 2 N–H and O–H groups in total. The Morgan fingerprint density at radius 3 is 3.00 bits per heavy atom. The predicted octanol–water partition coefficient (Wildman–Crippen LogP) is 2.27. The van der Waals surface area contributed by atoms with Crippen molar-refractivity contribution in [3.8, 4) is 5.75 Å². The number of piperidine rings is 1. The summed E-state index contributed by atoms with van der Waals surface area (Å²) in [6.45, 7) is 7.13. The zero-order chi connectivity index (χ0) is 15.2. The number of hydrogen-bond donors (Lipinski definition) is 2. The average Bonchev–Trinajstić information content (AvgIpc) is 2.37. The van der Waals surface area contributed by atoms with Crippen LogP contribution < -0.4 is 15.4 Å². The fourth-order valence-electron chi connectivity index (χ4n) is 2.73. The Hall–Kier alpha value is -1.55. The van der Waals surface area contributed by atoms with Crippen LogP contribution in [0.15, 0.2) is 24.3 Å². The standard InChI is InChI=1S/C17H26N2O2/c1-12(2)21-16-6-4-5-14(10-16)11-17(20)19-15-7-8-18-13(3)9-15/h4-6,10,12-13,15,18H,7-9,11H2,1-3H3,(H,19,20). The van der Waals surface area contributed by atoms with E-state index in [1.54, 1.807) is 0 Å². The molecule has 0 aromatic heterocycles. The van der Waals surface area contributed by atoms with Gasteiger partial charge in [0.15, 0.2) is 0 Å². The van der Waals surface area contributed by atoms with Crippen LogP contribution in [0.1, 0.15) is 39.2 Å². The van der Waals surface area contributed by atoms with E-state index in [1.165, 1.54) is 0 Å². The summed E-state index contributed by atoms with van der Waals surface area (Å²) in [5.41, 5.74) is 0.993. The van der Waals surface area contributed by atoms with Crippen LogP contribution in [-0.2, 0) is 11.2 Å². The number of amides is 1. The zero-order valence-corrected chi connectivity index (χ0v) is 13.2. The molecule has 1 saturated heterocycles. The molecule has 21 heavy (non-hydrogen) atoms. The van der Waals surface area contributed by atoms with Crippen molar-refractivity contribution in [1.29, 1.82) is 0 Å². The second-order valence-electron chi connectivity index (χ2n) is 6.13. The van der Waals surface area contributed by atoms with Crippen LogP contribution in [0, 0.1) is 0 Å². The van der Waals surface area contributed by atoms with E-state index in [2.05, 4.69) is 17.6 Å². The summed E-state index contributed by atoms with van der Waals surface area (Å²) < 4.78 is 5.66. The van der Waals surface area contributed by atoms with Crippen molar-refractivity contribution >= 4 is 5.91 Å². The number of benzene rings is 1. The van der Waals surface area contributed by atoms with Crippen molar-refractivity contribution in [3.63, 3.8) is 0 Å². The van der Waals surface area contributed by atoms with Gasteiger partial charge in [-0.25, -0.2) is 0 Å². The number of carbonyl (C=O) groups excluding carboxylic acids is 1. The lowest BCUT2D eigenvalue weighted by molar-refractivity contribution is -0.121. The summed E-state index contributed by atoms with van der Waals surface area (Å²) in [5, 5.41) is 6.53. The van der Waals surface area contributed by atoms with Gasteiger partial charge in [-0.05, 0) is 57.9 Å². The first kappa shape index (κ1) is 15.8. The minimum absolute atomic E-state index is 0.0933. The summed E-state index contributed by atoms with van der Waals surface area (Å²) >= 11 is 0. The Bertz CT molecular complexity index is 474. The van der Waals surface area contributed by atoms with Gasteiger partial charge in [-0.3, -0.25) is 4.79 Å². The molecular weight excluding hydrogens is 264 g/mol. The molecule has 1 aromatic carbocycles. The van der Waals surface area contributed by atoms with Crippen LogP contribution in [-0.4, -0.2) is 30.6 Å². The van der Waals surface area contributed by atoms with Gasteiger partial charge in [0, 0.05) is 12.1 Å². The van der Waals surface area contributed by atoms with E-state index in [1.807, 2.05) is 38.1 Å². The predicted molar refractivity (Wildman–Crippen MR) is 84.5 cm³/mol. The zero-order valence-electron chi connectivity index (χ0n) is 13.2. The van der Waals surface area contributed by atoms with E-state index < -0.39 is 0 Å². The molecule has 0 spiro atoms. The molecular formula is C17H26N2O2. The highest BCUT2D eigenvalue weighted by Gasteiger charge is 2.19. The van der Waals surface area contributed by atoms with E-state index in [4.69, 9.17) is 4.74 Å². The molecule has 0 saturated carbocycles. The maximum absolute atomic E-state index is 12.1. The topological polar surface area (TPSA) is 50.4 Å². The molecule has 116 valence electrons. The quantitative estimate of drug-likeness (QED) is 0.874. The number of ether oxygens (including phenoxy) is 1. The summed E-state index contributed by atoms with van der Waals surface area (Å²) in [6, 6.07) is 8.56. The third-order valence-electron chi connectivity index (χ3n) is 3.62. The summed E-state index contributed by atoms with van der Waals surface area (Å²) in [7, 11) is 0. The monoisotopic (exact) mass is 290 g/mol. The Morgan fingerprint density at radius 2 is 2.29 bits per heavy atom. The van der Waals surface area contributed by atoms with E-state index in [0.717, 1.165) is 30.7 Å². The molecule has 1 aromatic rings. The third-order valence-corrected chi connectivity index (χ3v) is 3.62. The molecule has 1 aliphatic rings. The van der Waals surface area contributed by atoms with Gasteiger partial charge in [-0.15, -0.1) is 0 Å². The third kappa shape index (κ3) is 5.38. The fourth-order valence-corrected chi connectivity index (χ4v) is 2.73. The minimum atomic E-state index is 0.0933. The summed E-state index contributed by atoms with van der Waals surface area (Å²) in [4.78, 5) is 12.1. The molecule has 1 heterocycles. The maximum Gasteiger partial charge on any atom is 0.224 e. The highest BCUT2D eigenvalue weighted by atomic mass is 16.5. The van der Waals surface area contributed by atoms with Gasteiger partial charge in [-0.1, -0.05) is 12.1 Å². The molecule has 1 amide bonds. The summed E-state index contributed by atoms with van der Waals surface area (Å²) in [5.74, 6) is 0.918. The van der Waals surface area contributed by atoms with E-state index in [-0.39, 0.29) is 12.0 Å². The smallest absolute Gasteiger partial charge is 0.224 e. The van der Waals surface area contributed by atoms with E-state index in [9.17, 15) is 4.79 Å². The van der Waals surface area contributed by atoms with E-state index in [0.29, 0.717) is 18.5 Å². The maximum atomic E-state index is 12.1. The van der Waals surface area contributed by atoms with Gasteiger partial charge in [0.2, 0.25) is 5.91 Å². The molecule has 0 bridgehead atoms. The normalized spacial score (nSPS) is 22.1. The molecule has 0 aliphatic carbocycles. The summed E-state index contributed by atoms with van der Waals surface area (Å²) in [6.07, 6.45) is 2.56. The van der Waals surface area contributed by atoms with Gasteiger partial charge in [0.25, 0.3) is 0 Å². The molecule has 0 radical (unpaired) electrons. The van der Waals surface area contributed by atoms with Gasteiger partial charge in [-0.2, -0.15) is 0 Å². The molecule has 2 unspecified atom stereocenters. The van der Waals surface area contributed by atoms with Crippen molar-refractivity contribution in [2.75, 3.05) is 6.54 Å². The van der Waals surface area contributed by atoms with Crippen molar-refractivity contribution in [1.82, 2.24) is 10.6 Å². The first-order valence-electron chi connectivity index (χ1n) is 7.81. The molecule has 2 atom stereocenters. The lowest BCUT2D eigenvalue weighted by atomic mass is 10.0. The number of carbonyl (C=O) groups is 1. The second-order valence-corrected chi connectivity index (χ2v) is 6.13. The Morgan fingerprint density at radius 1 is 1.48 bits per heavy atom. The molecule has 1 fully saturated rings. The van der Waals surface area contributed by atoms with Crippen molar-refractivity contribution in [2.45, 2.75) is 58.2 Å². The number of hydrogen-bond acceptors (Lipinski definition) is 3. The van der Waals surface area contributed by atoms with E-state index >= 15 is 0 Å². The first-order chi connectivity index (χ1) is 10.0. The minimum Gasteiger partial charge on any atom is -0.491 e. The fraction of sp³-hybridized carbons (Fsp3) is 0.588. The second kappa shape index (κ2) is 7.46. The van der Waals surface area contributed by atoms with Crippen LogP contribution in [0.2, 0.25) is 0 Å². The van der Waals surface area contributed by atoms with Gasteiger partial charge >= 0.3 is 0 Å². The van der Waals surface area contributed by atoms with Gasteiger partial charge < -0.3 is 15.4 Å². The highest BCUT2D eigenvalue weighted by molar-refractivity contribution is 5.79. The average molecular weight is 290 g/mol.